The van der Waals surface area contributed by atoms with Gasteiger partial charge in [0.05, 0.1) is 17.0 Å². The summed E-state index contributed by atoms with van der Waals surface area (Å²) < 4.78 is 6.01. The summed E-state index contributed by atoms with van der Waals surface area (Å²) in [4.78, 5) is 0. The van der Waals surface area contributed by atoms with Gasteiger partial charge < -0.3 is 15.8 Å². The number of nitrogens with one attached hydrogen (secondary N) is 1. The highest BCUT2D eigenvalue weighted by Gasteiger charge is 2.34. The maximum absolute atomic E-state index is 6.08. The summed E-state index contributed by atoms with van der Waals surface area (Å²) in [5.74, 6) is 0. The first-order chi connectivity index (χ1) is 9.08. The quantitative estimate of drug-likeness (QED) is 0.813. The second kappa shape index (κ2) is 5.83. The van der Waals surface area contributed by atoms with Crippen LogP contribution in [0.15, 0.2) is 18.2 Å². The molecule has 1 aliphatic heterocycles. The van der Waals surface area contributed by atoms with E-state index in [1.54, 1.807) is 0 Å². The summed E-state index contributed by atoms with van der Waals surface area (Å²) in [7, 11) is 0. The first kappa shape index (κ1) is 14.2. The van der Waals surface area contributed by atoms with E-state index in [2.05, 4.69) is 38.2 Å². The lowest BCUT2D eigenvalue weighted by molar-refractivity contribution is -0.0864. The molecule has 0 bridgehead atoms. The van der Waals surface area contributed by atoms with E-state index < -0.39 is 0 Å². The van der Waals surface area contributed by atoms with E-state index in [4.69, 9.17) is 10.5 Å². The Balaban J connectivity index is 2.06. The molecule has 0 spiro atoms. The third-order valence-corrected chi connectivity index (χ3v) is 4.35. The van der Waals surface area contributed by atoms with Crippen molar-refractivity contribution in [3.8, 4) is 0 Å². The molecule has 0 aromatic heterocycles. The van der Waals surface area contributed by atoms with E-state index in [0.717, 1.165) is 43.7 Å². The predicted octanol–water partition coefficient (Wildman–Crippen LogP) is 3.73. The number of hydrogen-bond acceptors (Lipinski definition) is 3. The minimum absolute atomic E-state index is 0.0510. The third kappa shape index (κ3) is 3.21. The van der Waals surface area contributed by atoms with Crippen LogP contribution in [0, 0.1) is 6.92 Å². The molecule has 0 saturated carbocycles. The summed E-state index contributed by atoms with van der Waals surface area (Å²) in [5.41, 5.74) is 9.22. The Hall–Kier alpha value is -1.22. The highest BCUT2D eigenvalue weighted by atomic mass is 16.5. The van der Waals surface area contributed by atoms with Gasteiger partial charge in [0.2, 0.25) is 0 Å². The van der Waals surface area contributed by atoms with E-state index >= 15 is 0 Å². The second-order valence-electron chi connectivity index (χ2n) is 5.66. The molecule has 0 aliphatic carbocycles. The number of ether oxygens (including phenoxy) is 1. The fourth-order valence-electron chi connectivity index (χ4n) is 2.93. The van der Waals surface area contributed by atoms with Crippen molar-refractivity contribution in [1.82, 2.24) is 0 Å². The number of benzene rings is 1. The number of nitrogen functional groups attached to an aromatic ring is 1. The zero-order valence-electron chi connectivity index (χ0n) is 12.3. The normalized spacial score (nSPS) is 22.2. The lowest BCUT2D eigenvalue weighted by Crippen LogP contribution is -2.43. The van der Waals surface area contributed by atoms with Gasteiger partial charge in [-0.25, -0.2) is 0 Å². The SMILES string of the molecule is CCC1(CC)CC(Nc2ccc(C)cc2N)CCO1. The van der Waals surface area contributed by atoms with Crippen LogP contribution in [0.25, 0.3) is 0 Å². The summed E-state index contributed by atoms with van der Waals surface area (Å²) in [6.07, 6.45) is 4.26. The van der Waals surface area contributed by atoms with Crippen LogP contribution < -0.4 is 11.1 Å². The van der Waals surface area contributed by atoms with Crippen molar-refractivity contribution in [3.63, 3.8) is 0 Å². The molecule has 1 heterocycles. The van der Waals surface area contributed by atoms with Gasteiger partial charge in [0.25, 0.3) is 0 Å². The van der Waals surface area contributed by atoms with Gasteiger partial charge in [-0.2, -0.15) is 0 Å². The molecule has 1 aliphatic rings. The van der Waals surface area contributed by atoms with E-state index in [0.29, 0.717) is 6.04 Å². The number of aryl methyl sites for hydroxylation is 1. The Bertz CT molecular complexity index is 427. The van der Waals surface area contributed by atoms with Crippen LogP contribution in [0.3, 0.4) is 0 Å². The minimum Gasteiger partial charge on any atom is -0.397 e. The minimum atomic E-state index is 0.0510. The van der Waals surface area contributed by atoms with E-state index in [-0.39, 0.29) is 5.60 Å². The topological polar surface area (TPSA) is 47.3 Å². The standard InChI is InChI=1S/C16H26N2O/c1-4-16(5-2)11-13(8-9-19-16)18-15-7-6-12(3)10-14(15)17/h6-7,10,13,18H,4-5,8-9,11,17H2,1-3H3. The van der Waals surface area contributed by atoms with Crippen LogP contribution >= 0.6 is 0 Å². The van der Waals surface area contributed by atoms with Crippen LogP contribution in [0.1, 0.15) is 45.1 Å². The maximum atomic E-state index is 6.08. The van der Waals surface area contributed by atoms with Gasteiger partial charge in [-0.1, -0.05) is 19.9 Å². The number of nitrogens with two attached hydrogens (primary N) is 1. The lowest BCUT2D eigenvalue weighted by Gasteiger charge is -2.40. The molecule has 0 radical (unpaired) electrons. The van der Waals surface area contributed by atoms with Gasteiger partial charge in [0.1, 0.15) is 0 Å². The van der Waals surface area contributed by atoms with Crippen molar-refractivity contribution in [2.24, 2.45) is 0 Å². The van der Waals surface area contributed by atoms with Crippen LogP contribution in [-0.4, -0.2) is 18.2 Å². The monoisotopic (exact) mass is 262 g/mol. The van der Waals surface area contributed by atoms with Crippen molar-refractivity contribution in [2.75, 3.05) is 17.7 Å². The summed E-state index contributed by atoms with van der Waals surface area (Å²) in [5, 5.41) is 3.59. The molecule has 3 heteroatoms. The van der Waals surface area contributed by atoms with Crippen molar-refractivity contribution >= 4 is 11.4 Å². The largest absolute Gasteiger partial charge is 0.397 e. The highest BCUT2D eigenvalue weighted by Crippen LogP contribution is 2.33. The smallest absolute Gasteiger partial charge is 0.0696 e. The first-order valence-electron chi connectivity index (χ1n) is 7.35. The Kier molecular flexibility index (Phi) is 4.35. The molecule has 1 aromatic rings. The second-order valence-corrected chi connectivity index (χ2v) is 5.66. The molecule has 2 rings (SSSR count). The van der Waals surface area contributed by atoms with Crippen LogP contribution in [0.4, 0.5) is 11.4 Å². The molecule has 1 unspecified atom stereocenters. The van der Waals surface area contributed by atoms with E-state index in [1.165, 1.54) is 5.56 Å². The molecule has 106 valence electrons. The van der Waals surface area contributed by atoms with Gasteiger partial charge >= 0.3 is 0 Å². The van der Waals surface area contributed by atoms with Crippen LogP contribution in [0.5, 0.6) is 0 Å². The molecular formula is C16H26N2O. The zero-order chi connectivity index (χ0) is 13.9. The fraction of sp³-hybridized carbons (Fsp3) is 0.625. The van der Waals surface area contributed by atoms with Crippen molar-refractivity contribution in [3.05, 3.63) is 23.8 Å². The zero-order valence-corrected chi connectivity index (χ0v) is 12.3. The molecule has 1 aromatic carbocycles. The summed E-state index contributed by atoms with van der Waals surface area (Å²) in [6.45, 7) is 7.33. The van der Waals surface area contributed by atoms with Gasteiger partial charge in [0.15, 0.2) is 0 Å². The lowest BCUT2D eigenvalue weighted by atomic mass is 9.86. The summed E-state index contributed by atoms with van der Waals surface area (Å²) >= 11 is 0. The maximum Gasteiger partial charge on any atom is 0.0696 e. The van der Waals surface area contributed by atoms with Crippen LogP contribution in [0.2, 0.25) is 0 Å². The molecule has 1 saturated heterocycles. The predicted molar refractivity (Wildman–Crippen MR) is 81.5 cm³/mol. The Morgan fingerprint density at radius 1 is 1.37 bits per heavy atom. The van der Waals surface area contributed by atoms with Crippen LogP contribution in [-0.2, 0) is 4.74 Å². The molecule has 1 fully saturated rings. The molecular weight excluding hydrogens is 236 g/mol. The molecule has 0 amide bonds. The van der Waals surface area contributed by atoms with Gasteiger partial charge in [-0.15, -0.1) is 0 Å². The summed E-state index contributed by atoms with van der Waals surface area (Å²) in [6, 6.07) is 6.66. The average Bonchev–Trinajstić information content (AvgIpc) is 2.42. The Morgan fingerprint density at radius 3 is 2.74 bits per heavy atom. The van der Waals surface area contributed by atoms with Gasteiger partial charge in [-0.3, -0.25) is 0 Å². The Morgan fingerprint density at radius 2 is 2.11 bits per heavy atom. The van der Waals surface area contributed by atoms with Gasteiger partial charge in [0, 0.05) is 12.6 Å². The van der Waals surface area contributed by atoms with Crippen molar-refractivity contribution in [1.29, 1.82) is 0 Å². The Labute approximate surface area is 116 Å². The molecule has 19 heavy (non-hydrogen) atoms. The fourth-order valence-corrected chi connectivity index (χ4v) is 2.93. The van der Waals surface area contributed by atoms with E-state index in [1.807, 2.05) is 6.07 Å². The van der Waals surface area contributed by atoms with Crippen molar-refractivity contribution < 1.29 is 4.74 Å². The molecule has 3 N–H and O–H groups in total. The van der Waals surface area contributed by atoms with Crippen molar-refractivity contribution in [2.45, 2.75) is 58.1 Å². The molecule has 3 nitrogen and oxygen atoms in total. The number of anilines is 2. The number of hydrogen-bond donors (Lipinski definition) is 2. The third-order valence-electron chi connectivity index (χ3n) is 4.35. The number of rotatable bonds is 4. The average molecular weight is 262 g/mol. The highest BCUT2D eigenvalue weighted by molar-refractivity contribution is 5.67. The first-order valence-corrected chi connectivity index (χ1v) is 7.35. The van der Waals surface area contributed by atoms with E-state index in [9.17, 15) is 0 Å². The molecule has 1 atom stereocenters. The van der Waals surface area contributed by atoms with Gasteiger partial charge in [-0.05, 0) is 50.3 Å².